The molecule has 0 unspecified atom stereocenters. The van der Waals surface area contributed by atoms with Crippen LogP contribution >= 0.6 is 11.8 Å². The first-order valence-corrected chi connectivity index (χ1v) is 9.83. The highest BCUT2D eigenvalue weighted by molar-refractivity contribution is 7.99. The van der Waals surface area contributed by atoms with Gasteiger partial charge in [0, 0.05) is 6.54 Å². The number of phenols is 1. The number of phenolic OH excluding ortho intramolecular Hbond substituents is 1. The monoisotopic (exact) mass is 393 g/mol. The van der Waals surface area contributed by atoms with Crippen molar-refractivity contribution in [3.05, 3.63) is 61.2 Å². The lowest BCUT2D eigenvalue weighted by atomic mass is 9.93. The largest absolute Gasteiger partial charge is 0.507 e. The lowest BCUT2D eigenvalue weighted by molar-refractivity contribution is -0.122. The van der Waals surface area contributed by atoms with E-state index in [1.807, 2.05) is 34.9 Å². The van der Waals surface area contributed by atoms with Crippen LogP contribution in [0.2, 0.25) is 0 Å². The average Bonchev–Trinajstić information content (AvgIpc) is 3.09. The zero-order valence-corrected chi connectivity index (χ0v) is 15.8. The van der Waals surface area contributed by atoms with Crippen LogP contribution in [0, 0.1) is 5.92 Å². The summed E-state index contributed by atoms with van der Waals surface area (Å²) < 4.78 is 1.88. The van der Waals surface area contributed by atoms with Gasteiger partial charge >= 0.3 is 0 Å². The van der Waals surface area contributed by atoms with Gasteiger partial charge in [-0.25, -0.2) is 0 Å². The molecule has 0 bridgehead atoms. The maximum absolute atomic E-state index is 12.3. The minimum Gasteiger partial charge on any atom is -0.507 e. The Morgan fingerprint density at radius 2 is 2.07 bits per heavy atom. The molecule has 7 nitrogen and oxygen atoms in total. The number of benzene rings is 1. The number of carbonyl (C=O) groups is 1. The van der Waals surface area contributed by atoms with E-state index in [2.05, 4.69) is 27.1 Å². The molecule has 2 aromatic rings. The molecule has 2 aliphatic rings. The van der Waals surface area contributed by atoms with E-state index in [4.69, 9.17) is 0 Å². The first-order valence-electron chi connectivity index (χ1n) is 8.85. The molecule has 0 saturated heterocycles. The smallest absolute Gasteiger partial charge is 0.234 e. The highest BCUT2D eigenvalue weighted by Gasteiger charge is 2.30. The van der Waals surface area contributed by atoms with E-state index >= 15 is 0 Å². The predicted molar refractivity (Wildman–Crippen MR) is 109 cm³/mol. The third-order valence-electron chi connectivity index (χ3n) is 4.49. The quantitative estimate of drug-likeness (QED) is 0.581. The van der Waals surface area contributed by atoms with Gasteiger partial charge in [-0.3, -0.25) is 14.4 Å². The van der Waals surface area contributed by atoms with Crippen molar-refractivity contribution in [1.82, 2.24) is 20.1 Å². The number of hydrogen-bond donors (Lipinski definition) is 2. The van der Waals surface area contributed by atoms with Crippen molar-refractivity contribution in [3.63, 3.8) is 0 Å². The fourth-order valence-corrected chi connectivity index (χ4v) is 3.98. The van der Waals surface area contributed by atoms with E-state index in [1.165, 1.54) is 11.8 Å². The number of hydrogen-bond acceptors (Lipinski definition) is 6. The number of fused-ring (bicyclic) bond motifs is 1. The highest BCUT2D eigenvalue weighted by Crippen LogP contribution is 2.30. The summed E-state index contributed by atoms with van der Waals surface area (Å²) >= 11 is 1.43. The van der Waals surface area contributed by atoms with Crippen molar-refractivity contribution in [3.8, 4) is 17.1 Å². The first kappa shape index (κ1) is 18.2. The summed E-state index contributed by atoms with van der Waals surface area (Å²) in [6.07, 6.45) is 9.33. The van der Waals surface area contributed by atoms with Crippen LogP contribution in [0.3, 0.4) is 0 Å². The van der Waals surface area contributed by atoms with Crippen LogP contribution in [-0.4, -0.2) is 43.4 Å². The zero-order chi connectivity index (χ0) is 19.5. The third kappa shape index (κ3) is 3.50. The molecule has 1 amide bonds. The fraction of sp³-hybridized carbons (Fsp3) is 0.200. The number of amides is 1. The van der Waals surface area contributed by atoms with Crippen LogP contribution in [0.15, 0.2) is 71.4 Å². The molecule has 1 aromatic heterocycles. The average molecular weight is 393 g/mol. The Balaban J connectivity index is 1.56. The minimum atomic E-state index is -0.240. The molecule has 8 heteroatoms. The van der Waals surface area contributed by atoms with E-state index in [9.17, 15) is 9.90 Å². The third-order valence-corrected chi connectivity index (χ3v) is 5.47. The summed E-state index contributed by atoms with van der Waals surface area (Å²) in [5.74, 6) is 1.50. The number of amidine groups is 1. The standard InChI is InChI=1S/C20H19N5O2S/c1-2-11-25-18(14-8-4-6-10-16(14)26)23-24-20(25)28-12-17-21-15-9-5-3-7-13(15)19(27)22-17/h2-10,13,15,26H,1,11-12H2,(H,21,22,27)/t13-,15-/m1/s1. The van der Waals surface area contributed by atoms with Crippen LogP contribution in [0.4, 0.5) is 0 Å². The molecule has 2 N–H and O–H groups in total. The topological polar surface area (TPSA) is 92.4 Å². The Morgan fingerprint density at radius 3 is 2.89 bits per heavy atom. The highest BCUT2D eigenvalue weighted by atomic mass is 32.2. The summed E-state index contributed by atoms with van der Waals surface area (Å²) in [5, 5.41) is 22.2. The van der Waals surface area contributed by atoms with Gasteiger partial charge in [-0.15, -0.1) is 16.8 Å². The number of nitrogens with one attached hydrogen (secondary N) is 1. The van der Waals surface area contributed by atoms with E-state index in [1.54, 1.807) is 24.3 Å². The summed E-state index contributed by atoms with van der Waals surface area (Å²) in [7, 11) is 0. The molecule has 2 heterocycles. The van der Waals surface area contributed by atoms with Crippen LogP contribution < -0.4 is 5.32 Å². The molecule has 0 fully saturated rings. The van der Waals surface area contributed by atoms with Crippen molar-refractivity contribution >= 4 is 23.5 Å². The molecular formula is C20H19N5O2S. The molecule has 1 aromatic carbocycles. The fourth-order valence-electron chi connectivity index (χ4n) is 3.16. The molecule has 0 spiro atoms. The Kier molecular flexibility index (Phi) is 5.12. The Bertz CT molecular complexity index is 1010. The van der Waals surface area contributed by atoms with E-state index in [0.717, 1.165) is 0 Å². The van der Waals surface area contributed by atoms with Crippen molar-refractivity contribution in [2.75, 3.05) is 5.75 Å². The van der Waals surface area contributed by atoms with E-state index in [-0.39, 0.29) is 23.6 Å². The second-order valence-electron chi connectivity index (χ2n) is 6.36. The van der Waals surface area contributed by atoms with Gasteiger partial charge in [0.25, 0.3) is 0 Å². The normalized spacial score (nSPS) is 20.4. The van der Waals surface area contributed by atoms with Crippen LogP contribution in [0.25, 0.3) is 11.4 Å². The maximum atomic E-state index is 12.3. The maximum Gasteiger partial charge on any atom is 0.234 e. The zero-order valence-electron chi connectivity index (χ0n) is 15.0. The van der Waals surface area contributed by atoms with Gasteiger partial charge in [0.1, 0.15) is 11.6 Å². The summed E-state index contributed by atoms with van der Waals surface area (Å²) in [6.45, 7) is 4.29. The van der Waals surface area contributed by atoms with Gasteiger partial charge in [0.15, 0.2) is 11.0 Å². The first-order chi connectivity index (χ1) is 13.7. The van der Waals surface area contributed by atoms with Gasteiger partial charge in [-0.05, 0) is 12.1 Å². The lowest BCUT2D eigenvalue weighted by Crippen LogP contribution is -2.45. The van der Waals surface area contributed by atoms with Crippen molar-refractivity contribution in [2.45, 2.75) is 17.7 Å². The number of aromatic nitrogens is 3. The summed E-state index contributed by atoms with van der Waals surface area (Å²) in [6, 6.07) is 6.85. The molecule has 1 aliphatic heterocycles. The van der Waals surface area contributed by atoms with E-state index < -0.39 is 0 Å². The molecule has 4 rings (SSSR count). The number of rotatable bonds is 6. The summed E-state index contributed by atoms with van der Waals surface area (Å²) in [4.78, 5) is 16.9. The predicted octanol–water partition coefficient (Wildman–Crippen LogP) is 2.57. The minimum absolute atomic E-state index is 0.0429. The number of para-hydroxylation sites is 1. The van der Waals surface area contributed by atoms with Crippen LogP contribution in [0.5, 0.6) is 5.75 Å². The van der Waals surface area contributed by atoms with Gasteiger partial charge in [-0.1, -0.05) is 54.3 Å². The number of nitrogens with zero attached hydrogens (tertiary/aromatic N) is 4. The van der Waals surface area contributed by atoms with E-state index in [0.29, 0.717) is 34.7 Å². The second-order valence-corrected chi connectivity index (χ2v) is 7.31. The molecule has 142 valence electrons. The van der Waals surface area contributed by atoms with Crippen molar-refractivity contribution < 1.29 is 9.90 Å². The Morgan fingerprint density at radius 1 is 1.25 bits per heavy atom. The van der Waals surface area contributed by atoms with Gasteiger partial charge in [0.05, 0.1) is 23.3 Å². The van der Waals surface area contributed by atoms with Gasteiger partial charge in [0.2, 0.25) is 5.91 Å². The lowest BCUT2D eigenvalue weighted by Gasteiger charge is -2.26. The molecule has 0 radical (unpaired) electrons. The molecular weight excluding hydrogens is 374 g/mol. The Hall–Kier alpha value is -3.13. The van der Waals surface area contributed by atoms with Crippen molar-refractivity contribution in [2.24, 2.45) is 10.9 Å². The Labute approximate surface area is 166 Å². The number of allylic oxidation sites excluding steroid dienone is 3. The van der Waals surface area contributed by atoms with Gasteiger partial charge < -0.3 is 10.4 Å². The number of thioether (sulfide) groups is 1. The van der Waals surface area contributed by atoms with Crippen LogP contribution in [-0.2, 0) is 11.3 Å². The number of aromatic hydroxyl groups is 1. The number of aliphatic imine (C=N–C) groups is 1. The molecule has 2 atom stereocenters. The van der Waals surface area contributed by atoms with Crippen molar-refractivity contribution in [1.29, 1.82) is 0 Å². The molecule has 0 saturated carbocycles. The summed E-state index contributed by atoms with van der Waals surface area (Å²) in [5.41, 5.74) is 0.606. The van der Waals surface area contributed by atoms with Crippen LogP contribution in [0.1, 0.15) is 0 Å². The van der Waals surface area contributed by atoms with Gasteiger partial charge in [-0.2, -0.15) is 0 Å². The SMILES string of the molecule is C=CCn1c(SCC2=N[C@@H]3C=CC=C[C@H]3C(=O)N2)nnc1-c1ccccc1O. The number of carbonyl (C=O) groups excluding carboxylic acids is 1. The molecule has 28 heavy (non-hydrogen) atoms. The second kappa shape index (κ2) is 7.85. The molecule has 1 aliphatic carbocycles.